The van der Waals surface area contributed by atoms with E-state index < -0.39 is 24.5 Å². The Morgan fingerprint density at radius 2 is 2.00 bits per heavy atom. The maximum absolute atomic E-state index is 11.6. The molecular weight excluding hydrogens is 270 g/mol. The van der Waals surface area contributed by atoms with Crippen LogP contribution in [0.25, 0.3) is 0 Å². The standard InChI is InChI=1S/C11H21N3O4S/c1-2-7(12)3-4-9(15)14-8(6-19)11(18)13-5-10(16)17/h7-8,19H,2-6,12H2,1H3,(H,13,18)(H,14,15)(H,16,17)/t7-,8+/m1/s1. The summed E-state index contributed by atoms with van der Waals surface area (Å²) < 4.78 is 0. The topological polar surface area (TPSA) is 122 Å². The number of thiol groups is 1. The van der Waals surface area contributed by atoms with E-state index in [1.807, 2.05) is 6.92 Å². The lowest BCUT2D eigenvalue weighted by atomic mass is 10.1. The molecule has 0 aliphatic carbocycles. The fourth-order valence-corrected chi connectivity index (χ4v) is 1.52. The molecule has 0 rings (SSSR count). The maximum atomic E-state index is 11.6. The molecule has 8 heteroatoms. The van der Waals surface area contributed by atoms with E-state index in [1.165, 1.54) is 0 Å². The van der Waals surface area contributed by atoms with E-state index in [0.717, 1.165) is 6.42 Å². The molecule has 0 saturated heterocycles. The number of carboxylic acids is 1. The van der Waals surface area contributed by atoms with Gasteiger partial charge >= 0.3 is 5.97 Å². The van der Waals surface area contributed by atoms with Crippen LogP contribution < -0.4 is 16.4 Å². The van der Waals surface area contributed by atoms with Gasteiger partial charge in [0, 0.05) is 18.2 Å². The highest BCUT2D eigenvalue weighted by Crippen LogP contribution is 1.99. The second-order valence-electron chi connectivity index (χ2n) is 4.12. The van der Waals surface area contributed by atoms with Crippen molar-refractivity contribution in [3.05, 3.63) is 0 Å². The summed E-state index contributed by atoms with van der Waals surface area (Å²) in [6.07, 6.45) is 1.55. The second-order valence-corrected chi connectivity index (χ2v) is 4.49. The average molecular weight is 291 g/mol. The Balaban J connectivity index is 4.12. The van der Waals surface area contributed by atoms with E-state index >= 15 is 0 Å². The van der Waals surface area contributed by atoms with Crippen molar-refractivity contribution >= 4 is 30.4 Å². The van der Waals surface area contributed by atoms with Gasteiger partial charge in [0.05, 0.1) is 0 Å². The first-order chi connectivity index (χ1) is 8.90. The molecule has 0 radical (unpaired) electrons. The van der Waals surface area contributed by atoms with Crippen LogP contribution in [0.5, 0.6) is 0 Å². The van der Waals surface area contributed by atoms with Crippen molar-refractivity contribution in [1.29, 1.82) is 0 Å². The summed E-state index contributed by atoms with van der Waals surface area (Å²) in [6.45, 7) is 1.44. The average Bonchev–Trinajstić information content (AvgIpc) is 2.39. The molecule has 0 heterocycles. The maximum Gasteiger partial charge on any atom is 0.322 e. The Morgan fingerprint density at radius 1 is 1.37 bits per heavy atom. The van der Waals surface area contributed by atoms with Gasteiger partial charge < -0.3 is 21.5 Å². The zero-order valence-electron chi connectivity index (χ0n) is 10.9. The molecule has 0 aliphatic rings. The van der Waals surface area contributed by atoms with Crippen molar-refractivity contribution in [1.82, 2.24) is 10.6 Å². The lowest BCUT2D eigenvalue weighted by molar-refractivity contribution is -0.138. The van der Waals surface area contributed by atoms with Gasteiger partial charge in [-0.05, 0) is 12.8 Å². The molecule has 2 atom stereocenters. The third-order valence-corrected chi connectivity index (χ3v) is 2.88. The molecule has 2 amide bonds. The van der Waals surface area contributed by atoms with E-state index in [0.29, 0.717) is 6.42 Å². The quantitative estimate of drug-likeness (QED) is 0.353. The number of hydrogen-bond acceptors (Lipinski definition) is 5. The number of aliphatic carboxylic acids is 1. The third-order valence-electron chi connectivity index (χ3n) is 2.51. The van der Waals surface area contributed by atoms with Crippen molar-refractivity contribution in [3.63, 3.8) is 0 Å². The molecule has 0 aromatic rings. The molecule has 19 heavy (non-hydrogen) atoms. The van der Waals surface area contributed by atoms with Gasteiger partial charge in [-0.25, -0.2) is 0 Å². The molecule has 7 nitrogen and oxygen atoms in total. The summed E-state index contributed by atoms with van der Waals surface area (Å²) in [5.74, 6) is -1.91. The van der Waals surface area contributed by atoms with Gasteiger partial charge in [-0.3, -0.25) is 14.4 Å². The van der Waals surface area contributed by atoms with Crippen LogP contribution in [0.2, 0.25) is 0 Å². The van der Waals surface area contributed by atoms with E-state index in [2.05, 4.69) is 23.3 Å². The van der Waals surface area contributed by atoms with Gasteiger partial charge in [-0.2, -0.15) is 12.6 Å². The predicted molar refractivity (Wildman–Crippen MR) is 73.9 cm³/mol. The Hall–Kier alpha value is -1.28. The van der Waals surface area contributed by atoms with Crippen LogP contribution in [-0.2, 0) is 14.4 Å². The van der Waals surface area contributed by atoms with Crippen LogP contribution in [0.15, 0.2) is 0 Å². The zero-order valence-corrected chi connectivity index (χ0v) is 11.8. The third kappa shape index (κ3) is 8.44. The molecule has 0 fully saturated rings. The minimum atomic E-state index is -1.15. The largest absolute Gasteiger partial charge is 0.480 e. The molecule has 0 spiro atoms. The van der Waals surface area contributed by atoms with Crippen LogP contribution in [0.3, 0.4) is 0 Å². The Kier molecular flexibility index (Phi) is 8.98. The number of carboxylic acid groups (broad SMARTS) is 1. The number of amides is 2. The predicted octanol–water partition coefficient (Wildman–Crippen LogP) is -0.881. The zero-order chi connectivity index (χ0) is 14.8. The van der Waals surface area contributed by atoms with E-state index in [-0.39, 0.29) is 24.1 Å². The number of carbonyl (C=O) groups excluding carboxylic acids is 2. The number of hydrogen-bond donors (Lipinski definition) is 5. The number of nitrogens with two attached hydrogens (primary N) is 1. The molecule has 110 valence electrons. The molecular formula is C11H21N3O4S. The minimum Gasteiger partial charge on any atom is -0.480 e. The van der Waals surface area contributed by atoms with Crippen molar-refractivity contribution in [2.24, 2.45) is 5.73 Å². The van der Waals surface area contributed by atoms with Crippen molar-refractivity contribution in [3.8, 4) is 0 Å². The van der Waals surface area contributed by atoms with E-state index in [1.54, 1.807) is 0 Å². The SMILES string of the molecule is CC[C@@H](N)CCC(=O)N[C@@H](CS)C(=O)NCC(=O)O. The lowest BCUT2D eigenvalue weighted by Gasteiger charge is -2.16. The van der Waals surface area contributed by atoms with Crippen LogP contribution in [-0.4, -0.2) is 47.3 Å². The minimum absolute atomic E-state index is 0.0407. The van der Waals surface area contributed by atoms with Gasteiger partial charge in [0.15, 0.2) is 0 Å². The summed E-state index contributed by atoms with van der Waals surface area (Å²) >= 11 is 3.95. The highest BCUT2D eigenvalue weighted by molar-refractivity contribution is 7.80. The van der Waals surface area contributed by atoms with Crippen LogP contribution in [0.4, 0.5) is 0 Å². The summed E-state index contributed by atoms with van der Waals surface area (Å²) in [5.41, 5.74) is 5.69. The fourth-order valence-electron chi connectivity index (χ4n) is 1.27. The molecule has 0 bridgehead atoms. The summed E-state index contributed by atoms with van der Waals surface area (Å²) in [5, 5.41) is 13.1. The van der Waals surface area contributed by atoms with Gasteiger partial charge in [0.2, 0.25) is 11.8 Å². The molecule has 0 aromatic carbocycles. The molecule has 0 saturated carbocycles. The fraction of sp³-hybridized carbons (Fsp3) is 0.727. The van der Waals surface area contributed by atoms with E-state index in [4.69, 9.17) is 10.8 Å². The van der Waals surface area contributed by atoms with Crippen molar-refractivity contribution in [2.45, 2.75) is 38.3 Å². The summed E-state index contributed by atoms with van der Waals surface area (Å²) in [7, 11) is 0. The highest BCUT2D eigenvalue weighted by atomic mass is 32.1. The summed E-state index contributed by atoms with van der Waals surface area (Å²) in [6, 6.07) is -0.880. The Bertz CT molecular complexity index is 325. The van der Waals surface area contributed by atoms with Gasteiger partial charge in [0.1, 0.15) is 12.6 Å². The molecule has 0 aromatic heterocycles. The molecule has 0 aliphatic heterocycles. The van der Waals surface area contributed by atoms with Crippen molar-refractivity contribution < 1.29 is 19.5 Å². The Morgan fingerprint density at radius 3 is 2.47 bits per heavy atom. The van der Waals surface area contributed by atoms with Gasteiger partial charge in [-0.15, -0.1) is 0 Å². The first-order valence-electron chi connectivity index (χ1n) is 6.06. The number of nitrogens with one attached hydrogen (secondary N) is 2. The monoisotopic (exact) mass is 291 g/mol. The highest BCUT2D eigenvalue weighted by Gasteiger charge is 2.19. The van der Waals surface area contributed by atoms with Gasteiger partial charge in [0.25, 0.3) is 0 Å². The van der Waals surface area contributed by atoms with Crippen LogP contribution in [0.1, 0.15) is 26.2 Å². The second kappa shape index (κ2) is 9.62. The Labute approximate surface area is 117 Å². The molecule has 0 unspecified atom stereocenters. The number of rotatable bonds is 9. The van der Waals surface area contributed by atoms with Crippen LogP contribution in [0, 0.1) is 0 Å². The van der Waals surface area contributed by atoms with Crippen molar-refractivity contribution in [2.75, 3.05) is 12.3 Å². The lowest BCUT2D eigenvalue weighted by Crippen LogP contribution is -2.49. The summed E-state index contributed by atoms with van der Waals surface area (Å²) in [4.78, 5) is 33.4. The number of carbonyl (C=O) groups is 3. The van der Waals surface area contributed by atoms with Gasteiger partial charge in [-0.1, -0.05) is 6.92 Å². The smallest absolute Gasteiger partial charge is 0.322 e. The first-order valence-corrected chi connectivity index (χ1v) is 6.69. The van der Waals surface area contributed by atoms with Crippen LogP contribution >= 0.6 is 12.6 Å². The molecule has 5 N–H and O–H groups in total. The van der Waals surface area contributed by atoms with E-state index in [9.17, 15) is 14.4 Å². The normalized spacial score (nSPS) is 13.4. The first kappa shape index (κ1) is 17.7.